The van der Waals surface area contributed by atoms with Gasteiger partial charge < -0.3 is 0 Å². The smallest absolute Gasteiger partial charge is 0.118 e. The van der Waals surface area contributed by atoms with Gasteiger partial charge in [-0.3, -0.25) is 9.41 Å². The zero-order valence-corrected chi connectivity index (χ0v) is 5.83. The molecule has 0 unspecified atom stereocenters. The molecule has 0 saturated heterocycles. The van der Waals surface area contributed by atoms with E-state index in [1.54, 1.807) is 0 Å². The van der Waals surface area contributed by atoms with Crippen LogP contribution in [0.2, 0.25) is 5.28 Å². The maximum Gasteiger partial charge on any atom is 0.118 e. The Kier molecular flexibility index (Phi) is 21.5. The summed E-state index contributed by atoms with van der Waals surface area (Å²) in [6, 6.07) is 0. The summed E-state index contributed by atoms with van der Waals surface area (Å²) in [5, 5.41) is 1.22. The van der Waals surface area contributed by atoms with Gasteiger partial charge in [-0.15, -0.1) is 5.28 Å². The van der Waals surface area contributed by atoms with Crippen molar-refractivity contribution in [2.24, 2.45) is 5.92 Å². The monoisotopic (exact) mass is 124 g/mol. The van der Waals surface area contributed by atoms with Crippen LogP contribution in [0.25, 0.3) is 0 Å². The Labute approximate surface area is 51.5 Å². The second-order valence-corrected chi connectivity index (χ2v) is 2.10. The van der Waals surface area contributed by atoms with E-state index in [-0.39, 0.29) is 9.41 Å². The topological polar surface area (TPSA) is 0 Å². The van der Waals surface area contributed by atoms with Crippen LogP contribution >= 0.6 is 0 Å². The Bertz CT molecular complexity index is 23.7. The summed E-state index contributed by atoms with van der Waals surface area (Å²) < 4.78 is 0. The largest absolute Gasteiger partial charge is 0.269 e. The summed E-state index contributed by atoms with van der Waals surface area (Å²) in [6.45, 7) is 4.40. The summed E-state index contributed by atoms with van der Waals surface area (Å²) in [5.74, 6) is 0.847. The second kappa shape index (κ2) is 9.63. The first-order valence-corrected chi connectivity index (χ1v) is 2.79. The molecule has 0 spiro atoms. The Hall–Kier alpha value is 0.392. The molecule has 0 N–H and O–H groups in total. The molecule has 0 rings (SSSR count). The standard InChI is InChI=1S/C4H9.Al.2FH/c1-4(2)3;;;/h4H,1H2,2-3H3;;2*1H. The van der Waals surface area contributed by atoms with E-state index in [4.69, 9.17) is 0 Å². The Morgan fingerprint density at radius 3 is 1.43 bits per heavy atom. The lowest BCUT2D eigenvalue weighted by molar-refractivity contribution is 0.735. The highest BCUT2D eigenvalue weighted by Crippen LogP contribution is 1.92. The van der Waals surface area contributed by atoms with Gasteiger partial charge in [-0.05, 0) is 0 Å². The molecule has 0 amide bonds. The average molecular weight is 124 g/mol. The Balaban J connectivity index is -0.0000000800. The molecule has 0 aliphatic heterocycles. The maximum absolute atomic E-state index is 2.69. The molecule has 2 radical (unpaired) electrons. The Morgan fingerprint density at radius 2 is 1.43 bits per heavy atom. The lowest BCUT2D eigenvalue weighted by Gasteiger charge is -1.91. The fourth-order valence-electron chi connectivity index (χ4n) is 0. The zero-order valence-electron chi connectivity index (χ0n) is 4.68. The van der Waals surface area contributed by atoms with Gasteiger partial charge in [0, 0.05) is 0 Å². The third kappa shape index (κ3) is 21.5. The average Bonchev–Trinajstić information content (AvgIpc) is 1.38. The van der Waals surface area contributed by atoms with Crippen LogP contribution in [0.3, 0.4) is 0 Å². The van der Waals surface area contributed by atoms with E-state index < -0.39 is 0 Å². The molecule has 0 bridgehead atoms. The molecule has 0 aromatic heterocycles. The molecule has 3 heteroatoms. The minimum Gasteiger partial charge on any atom is -0.269 e. The van der Waals surface area contributed by atoms with E-state index in [1.807, 2.05) is 0 Å². The molecule has 0 saturated carbocycles. The van der Waals surface area contributed by atoms with Crippen LogP contribution in [0.5, 0.6) is 0 Å². The van der Waals surface area contributed by atoms with Crippen molar-refractivity contribution < 1.29 is 9.41 Å². The third-order valence-corrected chi connectivity index (χ3v) is 1.41. The first-order valence-electron chi connectivity index (χ1n) is 1.97. The van der Waals surface area contributed by atoms with Crippen molar-refractivity contribution >= 4 is 16.3 Å². The van der Waals surface area contributed by atoms with E-state index >= 15 is 0 Å². The van der Waals surface area contributed by atoms with Crippen LogP contribution < -0.4 is 0 Å². The van der Waals surface area contributed by atoms with Gasteiger partial charge in [-0.25, -0.2) is 0 Å². The molecular formula is C4H11AlF2. The fraction of sp³-hybridized carbons (Fsp3) is 1.00. The summed E-state index contributed by atoms with van der Waals surface area (Å²) in [6.07, 6.45) is 0. The normalized spacial score (nSPS) is 6.71. The van der Waals surface area contributed by atoms with Crippen molar-refractivity contribution in [1.82, 2.24) is 0 Å². The second-order valence-electron chi connectivity index (χ2n) is 1.63. The fourth-order valence-corrected chi connectivity index (χ4v) is 0. The highest BCUT2D eigenvalue weighted by molar-refractivity contribution is 6.08. The van der Waals surface area contributed by atoms with E-state index in [9.17, 15) is 0 Å². The van der Waals surface area contributed by atoms with Gasteiger partial charge in [0.25, 0.3) is 0 Å². The van der Waals surface area contributed by atoms with Crippen LogP contribution in [-0.2, 0) is 0 Å². The minimum absolute atomic E-state index is 0. The summed E-state index contributed by atoms with van der Waals surface area (Å²) >= 11 is 2.69. The summed E-state index contributed by atoms with van der Waals surface area (Å²) in [7, 11) is 0. The van der Waals surface area contributed by atoms with Crippen LogP contribution in [0.1, 0.15) is 13.8 Å². The molecular weight excluding hydrogens is 113 g/mol. The highest BCUT2D eigenvalue weighted by Gasteiger charge is 1.79. The van der Waals surface area contributed by atoms with Crippen molar-refractivity contribution in [3.63, 3.8) is 0 Å². The molecule has 0 aromatic rings. The maximum atomic E-state index is 2.69. The number of hydrogen-bond acceptors (Lipinski definition) is 0. The Morgan fingerprint density at radius 1 is 1.29 bits per heavy atom. The van der Waals surface area contributed by atoms with Crippen molar-refractivity contribution in [3.8, 4) is 0 Å². The molecule has 44 valence electrons. The van der Waals surface area contributed by atoms with Gasteiger partial charge in [-0.2, -0.15) is 0 Å². The van der Waals surface area contributed by atoms with Crippen molar-refractivity contribution in [1.29, 1.82) is 0 Å². The number of halogens is 2. The van der Waals surface area contributed by atoms with Crippen LogP contribution in [0.4, 0.5) is 9.41 Å². The lowest BCUT2D eigenvalue weighted by Crippen LogP contribution is -1.80. The van der Waals surface area contributed by atoms with Gasteiger partial charge in [0.2, 0.25) is 0 Å². The van der Waals surface area contributed by atoms with Gasteiger partial charge in [0.1, 0.15) is 16.3 Å². The van der Waals surface area contributed by atoms with Crippen molar-refractivity contribution in [2.45, 2.75) is 19.1 Å². The predicted octanol–water partition coefficient (Wildman–Crippen LogP) is 1.53. The molecule has 0 nitrogen and oxygen atoms in total. The van der Waals surface area contributed by atoms with Crippen LogP contribution in [0.15, 0.2) is 0 Å². The van der Waals surface area contributed by atoms with Gasteiger partial charge in [0.15, 0.2) is 0 Å². The SMILES string of the molecule is CC(C)[CH2][Al].F.F. The number of hydrogen-bond donors (Lipinski definition) is 0. The molecule has 0 aliphatic rings. The molecule has 0 heterocycles. The lowest BCUT2D eigenvalue weighted by atomic mass is 10.3. The molecule has 7 heavy (non-hydrogen) atoms. The van der Waals surface area contributed by atoms with Crippen molar-refractivity contribution in [2.75, 3.05) is 0 Å². The summed E-state index contributed by atoms with van der Waals surface area (Å²) in [5.41, 5.74) is 0. The van der Waals surface area contributed by atoms with Crippen LogP contribution in [0, 0.1) is 5.92 Å². The van der Waals surface area contributed by atoms with Crippen LogP contribution in [-0.4, -0.2) is 16.3 Å². The quantitative estimate of drug-likeness (QED) is 0.465. The minimum atomic E-state index is 0. The molecule has 0 aromatic carbocycles. The van der Waals surface area contributed by atoms with Gasteiger partial charge in [0.05, 0.1) is 0 Å². The first-order chi connectivity index (χ1) is 2.27. The first kappa shape index (κ1) is 15.7. The van der Waals surface area contributed by atoms with Crippen molar-refractivity contribution in [3.05, 3.63) is 0 Å². The zero-order chi connectivity index (χ0) is 4.28. The van der Waals surface area contributed by atoms with E-state index in [0.29, 0.717) is 0 Å². The third-order valence-electron chi connectivity index (χ3n) is 0.471. The number of rotatable bonds is 1. The van der Waals surface area contributed by atoms with Gasteiger partial charge in [-0.1, -0.05) is 19.8 Å². The van der Waals surface area contributed by atoms with E-state index in [2.05, 4.69) is 30.1 Å². The van der Waals surface area contributed by atoms with Gasteiger partial charge >= 0.3 is 0 Å². The predicted molar refractivity (Wildman–Crippen MR) is 30.4 cm³/mol. The molecule has 0 aliphatic carbocycles. The molecule has 0 atom stereocenters. The van der Waals surface area contributed by atoms with E-state index in [1.165, 1.54) is 5.28 Å². The highest BCUT2D eigenvalue weighted by atomic mass is 27.0. The van der Waals surface area contributed by atoms with E-state index in [0.717, 1.165) is 5.92 Å². The summed E-state index contributed by atoms with van der Waals surface area (Å²) in [4.78, 5) is 0. The molecule has 0 fully saturated rings.